The molecular weight excluding hydrogens is 174 g/mol. The topological polar surface area (TPSA) is 21.3 Å². The van der Waals surface area contributed by atoms with Crippen molar-refractivity contribution in [2.24, 2.45) is 17.8 Å². The first-order chi connectivity index (χ1) is 6.74. The molecule has 0 amide bonds. The molecule has 82 valence electrons. The average molecular weight is 197 g/mol. The van der Waals surface area contributed by atoms with Gasteiger partial charge in [0.2, 0.25) is 0 Å². The Morgan fingerprint density at radius 3 is 2.21 bits per heavy atom. The van der Waals surface area contributed by atoms with E-state index in [-0.39, 0.29) is 0 Å². The Hall–Kier alpha value is -0.0800. The van der Waals surface area contributed by atoms with Crippen LogP contribution in [0, 0.1) is 17.8 Å². The van der Waals surface area contributed by atoms with Crippen LogP contribution in [0.1, 0.15) is 33.1 Å². The van der Waals surface area contributed by atoms with Crippen LogP contribution >= 0.6 is 0 Å². The normalized spacial score (nSPS) is 39.4. The minimum absolute atomic E-state index is 0.550. The van der Waals surface area contributed by atoms with Gasteiger partial charge in [-0.25, -0.2) is 0 Å². The molecule has 0 bridgehead atoms. The van der Waals surface area contributed by atoms with E-state index in [9.17, 15) is 0 Å². The molecule has 1 saturated heterocycles. The molecule has 0 aromatic heterocycles. The van der Waals surface area contributed by atoms with Crippen molar-refractivity contribution >= 4 is 0 Å². The van der Waals surface area contributed by atoms with Gasteiger partial charge in [0.15, 0.2) is 0 Å². The Morgan fingerprint density at radius 1 is 1.07 bits per heavy atom. The van der Waals surface area contributed by atoms with Crippen molar-refractivity contribution < 1.29 is 4.74 Å². The van der Waals surface area contributed by atoms with Crippen molar-refractivity contribution in [2.75, 3.05) is 19.7 Å². The first kappa shape index (κ1) is 10.4. The second kappa shape index (κ2) is 4.63. The SMILES string of the molecule is CC1CC(C)CC(OCC2CNC2)C1. The smallest absolute Gasteiger partial charge is 0.0580 e. The van der Waals surface area contributed by atoms with E-state index in [1.165, 1.54) is 19.3 Å². The summed E-state index contributed by atoms with van der Waals surface area (Å²) in [5.41, 5.74) is 0. The standard InChI is InChI=1S/C12H23NO/c1-9-3-10(2)5-12(4-9)14-8-11-6-13-7-11/h9-13H,3-8H2,1-2H3. The molecule has 2 unspecified atom stereocenters. The van der Waals surface area contributed by atoms with Gasteiger partial charge in [0, 0.05) is 19.0 Å². The number of hydrogen-bond donors (Lipinski definition) is 1. The molecule has 2 rings (SSSR count). The summed E-state index contributed by atoms with van der Waals surface area (Å²) in [5.74, 6) is 2.52. The van der Waals surface area contributed by atoms with Crippen LogP contribution in [0.2, 0.25) is 0 Å². The molecule has 2 nitrogen and oxygen atoms in total. The fourth-order valence-electron chi connectivity index (χ4n) is 2.75. The van der Waals surface area contributed by atoms with E-state index in [0.29, 0.717) is 6.10 Å². The summed E-state index contributed by atoms with van der Waals surface area (Å²) >= 11 is 0. The van der Waals surface area contributed by atoms with E-state index in [4.69, 9.17) is 4.74 Å². The lowest BCUT2D eigenvalue weighted by molar-refractivity contribution is -0.0231. The van der Waals surface area contributed by atoms with Crippen LogP contribution < -0.4 is 5.32 Å². The number of hydrogen-bond acceptors (Lipinski definition) is 2. The highest BCUT2D eigenvalue weighted by Gasteiger charge is 2.26. The fourth-order valence-corrected chi connectivity index (χ4v) is 2.75. The summed E-state index contributed by atoms with van der Waals surface area (Å²) in [6.45, 7) is 8.03. The lowest BCUT2D eigenvalue weighted by atomic mass is 9.82. The van der Waals surface area contributed by atoms with Gasteiger partial charge in [-0.2, -0.15) is 0 Å². The van der Waals surface area contributed by atoms with Gasteiger partial charge in [0.05, 0.1) is 12.7 Å². The van der Waals surface area contributed by atoms with Crippen molar-refractivity contribution in [3.8, 4) is 0 Å². The minimum Gasteiger partial charge on any atom is -0.378 e. The van der Waals surface area contributed by atoms with E-state index < -0.39 is 0 Å². The Labute approximate surface area is 87.4 Å². The maximum Gasteiger partial charge on any atom is 0.0580 e. The third kappa shape index (κ3) is 2.71. The van der Waals surface area contributed by atoms with E-state index in [0.717, 1.165) is 37.5 Å². The fraction of sp³-hybridized carbons (Fsp3) is 1.00. The zero-order valence-electron chi connectivity index (χ0n) is 9.46. The molecule has 0 aromatic rings. The third-order valence-corrected chi connectivity index (χ3v) is 3.57. The molecule has 0 radical (unpaired) electrons. The van der Waals surface area contributed by atoms with Crippen molar-refractivity contribution in [1.29, 1.82) is 0 Å². The lowest BCUT2D eigenvalue weighted by Crippen LogP contribution is -2.45. The summed E-state index contributed by atoms with van der Waals surface area (Å²) in [7, 11) is 0. The molecule has 14 heavy (non-hydrogen) atoms. The first-order valence-corrected chi connectivity index (χ1v) is 6.06. The van der Waals surface area contributed by atoms with E-state index >= 15 is 0 Å². The van der Waals surface area contributed by atoms with E-state index in [2.05, 4.69) is 19.2 Å². The van der Waals surface area contributed by atoms with Gasteiger partial charge in [0.25, 0.3) is 0 Å². The Bertz CT molecular complexity index is 169. The second-order valence-corrected chi connectivity index (χ2v) is 5.40. The van der Waals surface area contributed by atoms with Crippen LogP contribution in [-0.4, -0.2) is 25.8 Å². The van der Waals surface area contributed by atoms with Gasteiger partial charge in [0.1, 0.15) is 0 Å². The Kier molecular flexibility index (Phi) is 3.45. The number of nitrogens with one attached hydrogen (secondary N) is 1. The molecule has 1 heterocycles. The van der Waals surface area contributed by atoms with Crippen LogP contribution in [0.3, 0.4) is 0 Å². The molecule has 1 saturated carbocycles. The van der Waals surface area contributed by atoms with Gasteiger partial charge in [-0.15, -0.1) is 0 Å². The van der Waals surface area contributed by atoms with Crippen LogP contribution in [0.25, 0.3) is 0 Å². The largest absolute Gasteiger partial charge is 0.378 e. The van der Waals surface area contributed by atoms with Gasteiger partial charge in [-0.05, 0) is 31.1 Å². The summed E-state index contributed by atoms with van der Waals surface area (Å²) in [6.07, 6.45) is 4.51. The maximum absolute atomic E-state index is 5.99. The van der Waals surface area contributed by atoms with Crippen LogP contribution in [0.5, 0.6) is 0 Å². The maximum atomic E-state index is 5.99. The molecule has 0 spiro atoms. The molecule has 1 aliphatic heterocycles. The molecular formula is C12H23NO. The molecule has 2 atom stereocenters. The van der Waals surface area contributed by atoms with Gasteiger partial charge >= 0.3 is 0 Å². The third-order valence-electron chi connectivity index (χ3n) is 3.57. The average Bonchev–Trinajstić information content (AvgIpc) is 1.99. The monoisotopic (exact) mass is 197 g/mol. The molecule has 0 aromatic carbocycles. The van der Waals surface area contributed by atoms with Crippen molar-refractivity contribution in [3.63, 3.8) is 0 Å². The van der Waals surface area contributed by atoms with Gasteiger partial charge in [-0.1, -0.05) is 13.8 Å². The minimum atomic E-state index is 0.550. The predicted molar refractivity (Wildman–Crippen MR) is 58.3 cm³/mol. The Balaban J connectivity index is 1.68. The van der Waals surface area contributed by atoms with Crippen LogP contribution in [0.15, 0.2) is 0 Å². The highest BCUT2D eigenvalue weighted by atomic mass is 16.5. The van der Waals surface area contributed by atoms with E-state index in [1.54, 1.807) is 0 Å². The molecule has 2 heteroatoms. The summed E-state index contributed by atoms with van der Waals surface area (Å²) < 4.78 is 5.99. The summed E-state index contributed by atoms with van der Waals surface area (Å²) in [6, 6.07) is 0. The second-order valence-electron chi connectivity index (χ2n) is 5.40. The molecule has 1 aliphatic carbocycles. The summed E-state index contributed by atoms with van der Waals surface area (Å²) in [4.78, 5) is 0. The van der Waals surface area contributed by atoms with Gasteiger partial charge in [-0.3, -0.25) is 0 Å². The first-order valence-electron chi connectivity index (χ1n) is 6.06. The quantitative estimate of drug-likeness (QED) is 0.747. The zero-order chi connectivity index (χ0) is 9.97. The van der Waals surface area contributed by atoms with Crippen molar-refractivity contribution in [3.05, 3.63) is 0 Å². The lowest BCUT2D eigenvalue weighted by Gasteiger charge is -2.34. The van der Waals surface area contributed by atoms with Crippen LogP contribution in [0.4, 0.5) is 0 Å². The predicted octanol–water partition coefficient (Wildman–Crippen LogP) is 2.05. The van der Waals surface area contributed by atoms with Crippen molar-refractivity contribution in [2.45, 2.75) is 39.2 Å². The Morgan fingerprint density at radius 2 is 1.71 bits per heavy atom. The highest BCUT2D eigenvalue weighted by molar-refractivity contribution is 4.78. The number of ether oxygens (including phenoxy) is 1. The summed E-state index contributed by atoms with van der Waals surface area (Å²) in [5, 5.41) is 3.29. The van der Waals surface area contributed by atoms with Crippen LogP contribution in [-0.2, 0) is 4.74 Å². The van der Waals surface area contributed by atoms with Crippen molar-refractivity contribution in [1.82, 2.24) is 5.32 Å². The molecule has 1 N–H and O–H groups in total. The molecule has 2 fully saturated rings. The van der Waals surface area contributed by atoms with E-state index in [1.807, 2.05) is 0 Å². The number of rotatable bonds is 3. The highest BCUT2D eigenvalue weighted by Crippen LogP contribution is 2.30. The zero-order valence-corrected chi connectivity index (χ0v) is 9.46. The van der Waals surface area contributed by atoms with Gasteiger partial charge < -0.3 is 10.1 Å². The molecule has 2 aliphatic rings.